The molecule has 2 amide bonds. The number of aliphatic hydroxyl groups is 1. The molecule has 0 unspecified atom stereocenters. The number of ether oxygens (including phenoxy) is 2. The summed E-state index contributed by atoms with van der Waals surface area (Å²) in [5, 5.41) is 9.36. The van der Waals surface area contributed by atoms with Crippen LogP contribution in [0.3, 0.4) is 0 Å². The molecule has 4 rings (SSSR count). The number of hydrogen-bond acceptors (Lipinski definition) is 6. The van der Waals surface area contributed by atoms with Crippen molar-refractivity contribution >= 4 is 47.6 Å². The summed E-state index contributed by atoms with van der Waals surface area (Å²) in [5.74, 6) is -0.567. The molecule has 0 aliphatic carbocycles. The number of rotatable bonds is 11. The van der Waals surface area contributed by atoms with Gasteiger partial charge in [-0.15, -0.1) is 0 Å². The summed E-state index contributed by atoms with van der Waals surface area (Å²) in [6, 6.07) is 15.7. The standard InChI is InChI=1S/C29H26BF4IN4O4/c30-26-25(35)27(39(18-21-5-1-2-14-36-21)28(41)38(26)15-4-16-40)37-24(13-10-19-8-11-20(31)12-9-19)42-22-6-3-7-23(17-22)43-29(32,33)34/h1-3,5-9,11-12,14,17,30,40H,4,10,13,15-16,18H2/b37-24+. The van der Waals surface area contributed by atoms with E-state index in [1.165, 1.54) is 34.1 Å². The number of urea groups is 1. The number of aromatic nitrogens is 1. The maximum absolute atomic E-state index is 13.7. The topological polar surface area (TPSA) is 87.5 Å². The number of pyridine rings is 1. The zero-order valence-corrected chi connectivity index (χ0v) is 24.9. The first-order valence-electron chi connectivity index (χ1n) is 13.1. The summed E-state index contributed by atoms with van der Waals surface area (Å²) < 4.78 is 62.5. The first-order chi connectivity index (χ1) is 20.5. The van der Waals surface area contributed by atoms with Crippen LogP contribution in [0.2, 0.25) is 0 Å². The number of benzene rings is 2. The SMILES string of the molecule is B=C1C(I)=C(/N=C(\CCc2ccc(F)cc2)Oc2cccc(OC(F)(F)F)c2)N(Cc2ccccn2)C(=O)N1CCCO. The summed E-state index contributed by atoms with van der Waals surface area (Å²) in [6.45, 7) is 0.144. The first kappa shape index (κ1) is 32.1. The van der Waals surface area contributed by atoms with Crippen LogP contribution in [0.1, 0.15) is 24.1 Å². The molecule has 14 heteroatoms. The summed E-state index contributed by atoms with van der Waals surface area (Å²) in [7, 11) is 4.06. The Morgan fingerprint density at radius 2 is 1.79 bits per heavy atom. The van der Waals surface area contributed by atoms with E-state index in [1.807, 2.05) is 22.6 Å². The van der Waals surface area contributed by atoms with E-state index in [2.05, 4.69) is 17.2 Å². The second-order valence-electron chi connectivity index (χ2n) is 9.26. The van der Waals surface area contributed by atoms with Gasteiger partial charge in [-0.1, -0.05) is 0 Å². The molecule has 0 radical (unpaired) electrons. The summed E-state index contributed by atoms with van der Waals surface area (Å²) in [5.41, 5.74) is 1.71. The molecule has 8 nitrogen and oxygen atoms in total. The number of halogens is 5. The Hall–Kier alpha value is -3.79. The van der Waals surface area contributed by atoms with Gasteiger partial charge < -0.3 is 0 Å². The van der Waals surface area contributed by atoms with Gasteiger partial charge in [-0.05, 0) is 0 Å². The molecule has 0 bridgehead atoms. The van der Waals surface area contributed by atoms with Gasteiger partial charge >= 0.3 is 261 Å². The quantitative estimate of drug-likeness (QED) is 0.0938. The van der Waals surface area contributed by atoms with Gasteiger partial charge in [0.05, 0.1) is 0 Å². The van der Waals surface area contributed by atoms with Gasteiger partial charge in [0.25, 0.3) is 0 Å². The third-order valence-corrected chi connectivity index (χ3v) is 7.23. The number of aliphatic hydroxyl groups excluding tert-OH is 1. The third-order valence-electron chi connectivity index (χ3n) is 6.13. The Kier molecular flexibility index (Phi) is 10.9. The van der Waals surface area contributed by atoms with E-state index in [1.54, 1.807) is 36.5 Å². The van der Waals surface area contributed by atoms with Gasteiger partial charge in [-0.25, -0.2) is 0 Å². The van der Waals surface area contributed by atoms with Gasteiger partial charge in [0.2, 0.25) is 0 Å². The Morgan fingerprint density at radius 1 is 1.05 bits per heavy atom. The van der Waals surface area contributed by atoms with E-state index in [9.17, 15) is 27.5 Å². The number of carbonyl (C=O) groups excluding carboxylic acids is 1. The van der Waals surface area contributed by atoms with Gasteiger partial charge in [0, 0.05) is 0 Å². The fourth-order valence-corrected chi connectivity index (χ4v) is 4.81. The first-order valence-corrected chi connectivity index (χ1v) is 14.2. The van der Waals surface area contributed by atoms with Crippen LogP contribution in [0.4, 0.5) is 22.4 Å². The van der Waals surface area contributed by atoms with E-state index in [-0.39, 0.29) is 43.6 Å². The predicted molar refractivity (Wildman–Crippen MR) is 163 cm³/mol. The molecule has 0 saturated heterocycles. The zero-order valence-electron chi connectivity index (χ0n) is 22.7. The van der Waals surface area contributed by atoms with Crippen LogP contribution < -0.4 is 9.47 Å². The van der Waals surface area contributed by atoms with Crippen molar-refractivity contribution in [1.29, 1.82) is 0 Å². The molecule has 3 aromatic rings. The van der Waals surface area contributed by atoms with Gasteiger partial charge in [-0.2, -0.15) is 0 Å². The van der Waals surface area contributed by atoms with Crippen LogP contribution in [0.15, 0.2) is 87.3 Å². The Labute approximate surface area is 259 Å². The van der Waals surface area contributed by atoms with Crippen LogP contribution in [0, 0.1) is 5.82 Å². The fourth-order valence-electron chi connectivity index (χ4n) is 4.10. The maximum atomic E-state index is 13.7. The molecule has 43 heavy (non-hydrogen) atoms. The Bertz CT molecular complexity index is 1500. The Balaban J connectivity index is 1.74. The zero-order chi connectivity index (χ0) is 31.0. The van der Waals surface area contributed by atoms with Crippen LogP contribution >= 0.6 is 22.6 Å². The van der Waals surface area contributed by atoms with Crippen molar-refractivity contribution in [3.05, 3.63) is 99.4 Å². The average Bonchev–Trinajstić information content (AvgIpc) is 2.97. The number of aliphatic imine (C=N–C) groups is 1. The normalized spacial score (nSPS) is 14.4. The van der Waals surface area contributed by atoms with E-state index in [0.29, 0.717) is 27.7 Å². The van der Waals surface area contributed by atoms with E-state index >= 15 is 0 Å². The molecule has 1 aliphatic rings. The number of hydrogen-bond donors (Lipinski definition) is 1. The third kappa shape index (κ3) is 9.10. The van der Waals surface area contributed by atoms with Crippen molar-refractivity contribution in [2.24, 2.45) is 4.99 Å². The van der Waals surface area contributed by atoms with Crippen molar-refractivity contribution in [3.63, 3.8) is 0 Å². The molecule has 0 fully saturated rings. The fraction of sp³-hybridized carbons (Fsp3) is 0.241. The number of carbonyl (C=O) groups is 1. The van der Waals surface area contributed by atoms with Crippen LogP contribution in [-0.4, -0.2) is 64.4 Å². The number of aryl methyl sites for hydroxylation is 1. The molecule has 224 valence electrons. The molecule has 0 atom stereocenters. The number of amides is 2. The summed E-state index contributed by atoms with van der Waals surface area (Å²) in [6.07, 6.45) is -2.48. The van der Waals surface area contributed by atoms with Crippen molar-refractivity contribution in [2.75, 3.05) is 13.2 Å². The number of nitrogens with zero attached hydrogens (tertiary/aromatic N) is 4. The molecular formula is C29H26BF4IN4O4. The van der Waals surface area contributed by atoms with Crippen molar-refractivity contribution < 1.29 is 36.9 Å². The second kappa shape index (κ2) is 14.6. The van der Waals surface area contributed by atoms with Crippen molar-refractivity contribution in [3.8, 4) is 11.5 Å². The van der Waals surface area contributed by atoms with E-state index in [4.69, 9.17) is 9.73 Å². The number of alkyl halides is 3. The second-order valence-corrected chi connectivity index (χ2v) is 10.3. The molecule has 1 N–H and O–H groups in total. The minimum absolute atomic E-state index is 0.0250. The van der Waals surface area contributed by atoms with Gasteiger partial charge in [0.1, 0.15) is 0 Å². The Morgan fingerprint density at radius 3 is 2.47 bits per heavy atom. The molecule has 2 aromatic carbocycles. The molecule has 1 aliphatic heterocycles. The molecule has 0 saturated carbocycles. The molecule has 0 spiro atoms. The van der Waals surface area contributed by atoms with Crippen molar-refractivity contribution in [1.82, 2.24) is 14.8 Å². The van der Waals surface area contributed by atoms with Crippen LogP contribution in [-0.2, 0) is 13.0 Å². The van der Waals surface area contributed by atoms with Gasteiger partial charge in [0.15, 0.2) is 0 Å². The molecule has 2 heterocycles. The van der Waals surface area contributed by atoms with Crippen LogP contribution in [0.25, 0.3) is 0 Å². The predicted octanol–water partition coefficient (Wildman–Crippen LogP) is 5.48. The van der Waals surface area contributed by atoms with Gasteiger partial charge in [-0.3, -0.25) is 0 Å². The summed E-state index contributed by atoms with van der Waals surface area (Å²) >= 11 is 2.02. The summed E-state index contributed by atoms with van der Waals surface area (Å²) in [4.78, 5) is 25.6. The van der Waals surface area contributed by atoms with Crippen LogP contribution in [0.5, 0.6) is 11.5 Å². The average molecular weight is 708 g/mol. The molecular weight excluding hydrogens is 682 g/mol. The van der Waals surface area contributed by atoms with E-state index < -0.39 is 24.0 Å². The van der Waals surface area contributed by atoms with Crippen molar-refractivity contribution in [2.45, 2.75) is 32.2 Å². The van der Waals surface area contributed by atoms with E-state index in [0.717, 1.165) is 17.7 Å². The molecule has 1 aromatic heterocycles. The minimum atomic E-state index is -4.89. The monoisotopic (exact) mass is 708 g/mol.